The van der Waals surface area contributed by atoms with Gasteiger partial charge in [-0.25, -0.2) is 0 Å². The number of aliphatic carboxylic acids is 1. The van der Waals surface area contributed by atoms with Gasteiger partial charge in [0.05, 0.1) is 13.0 Å². The number of carboxylic acids is 1. The molecular weight excluding hydrogens is 1050 g/mol. The number of para-hydroxylation sites is 1. The van der Waals surface area contributed by atoms with Crippen LogP contribution in [-0.4, -0.2) is 158 Å². The second kappa shape index (κ2) is 29.6. The second-order valence-corrected chi connectivity index (χ2v) is 22.8. The summed E-state index contributed by atoms with van der Waals surface area (Å²) in [6, 6.07) is -2.39. The van der Waals surface area contributed by atoms with Crippen LogP contribution in [0, 0.1) is 5.92 Å². The first-order valence-corrected chi connectivity index (χ1v) is 28.5. The molecule has 28 heteroatoms. The molecule has 78 heavy (non-hydrogen) atoms. The van der Waals surface area contributed by atoms with Gasteiger partial charge in [-0.15, -0.1) is 0 Å². The molecule has 3 fully saturated rings. The van der Waals surface area contributed by atoms with Gasteiger partial charge >= 0.3 is 5.97 Å². The lowest BCUT2D eigenvalue weighted by Crippen LogP contribution is -2.61. The van der Waals surface area contributed by atoms with Gasteiger partial charge in [-0.05, 0) is 62.5 Å². The fourth-order valence-electron chi connectivity index (χ4n) is 9.71. The zero-order chi connectivity index (χ0) is 57.1. The second-order valence-electron chi connectivity index (χ2n) is 20.0. The van der Waals surface area contributed by atoms with Gasteiger partial charge < -0.3 is 75.1 Å². The lowest BCUT2D eigenvalue weighted by Gasteiger charge is -2.37. The van der Waals surface area contributed by atoms with E-state index in [2.05, 4.69) is 47.2 Å². The number of carboxylic acid groups (broad SMARTS) is 1. The van der Waals surface area contributed by atoms with E-state index in [0.29, 0.717) is 31.2 Å². The first-order valence-electron chi connectivity index (χ1n) is 26.2. The van der Waals surface area contributed by atoms with Crippen molar-refractivity contribution in [2.24, 2.45) is 33.8 Å². The SMILES string of the molecule is CC[C@H](C)[C@@H]1NC(=O)[C@@H](Cc2c[nH]c3ccccc23)NC(=O)CC2(CCCCC2)SSC[C@H](C(=O)N2CCC[C@H]2C(=O)N[C@@H](CCCN=C(N)N)C(=O)NCC(N)=O)NC(=O)[C@H](CC(N)=O)NC(=O)[C@H](CCC(=O)O)NC1=O. The summed E-state index contributed by atoms with van der Waals surface area (Å²) >= 11 is 0. The van der Waals surface area contributed by atoms with Crippen LogP contribution in [0.5, 0.6) is 0 Å². The molecule has 8 atom stereocenters. The molecule has 2 aliphatic heterocycles. The first-order chi connectivity index (χ1) is 37.1. The minimum Gasteiger partial charge on any atom is -0.481 e. The molecule has 1 aromatic carbocycles. The summed E-state index contributed by atoms with van der Waals surface area (Å²) < 4.78 is -0.735. The number of aliphatic imine (C=N–C) groups is 1. The van der Waals surface area contributed by atoms with Crippen LogP contribution in [0.2, 0.25) is 0 Å². The van der Waals surface area contributed by atoms with Crippen LogP contribution >= 0.6 is 21.6 Å². The standard InChI is InChI=1S/C50H74N14O12S2/c1-3-27(2)41-47(75)60-32(15-16-40(68)69)43(71)61-34(22-37(51)65)44(72)62-35(48(76)64-20-10-14-36(64)46(74)59-31(13-9-19-55-49(53)54)42(70)57-25-38(52)66)26-77-78-50(17-7-4-8-18-50)23-39(67)58-33(45(73)63-41)21-28-24-56-30-12-6-5-11-29(28)30/h5-6,11-12,24,27,31-36,41,56H,3-4,7-10,13-23,25-26H2,1-2H3,(H2,51,65)(H2,52,66)(H,57,70)(H,58,67)(H,59,74)(H,60,75)(H,61,71)(H,62,72)(H,63,73)(H,68,69)(H4,53,54,55)/t27-,31-,32-,33+,34-,35+,36-,41-/m0/s1. The molecule has 0 unspecified atom stereocenters. The molecule has 2 saturated heterocycles. The van der Waals surface area contributed by atoms with Crippen molar-refractivity contribution in [3.8, 4) is 0 Å². The Bertz CT molecular complexity index is 2550. The number of benzene rings is 1. The normalized spacial score (nSPS) is 23.5. The number of hydrogen-bond donors (Lipinski definition) is 13. The molecule has 3 aliphatic rings. The smallest absolute Gasteiger partial charge is 0.303 e. The Labute approximate surface area is 459 Å². The number of hydrogen-bond acceptors (Lipinski definition) is 14. The number of aromatic nitrogens is 1. The third-order valence-corrected chi connectivity index (χ3v) is 17.4. The largest absolute Gasteiger partial charge is 0.481 e. The molecule has 1 spiro atoms. The number of fused-ring (bicyclic) bond motifs is 1. The number of primary amides is 2. The molecule has 1 aliphatic carbocycles. The molecule has 5 rings (SSSR count). The number of nitrogens with two attached hydrogens (primary N) is 4. The molecule has 428 valence electrons. The minimum atomic E-state index is -1.78. The Hall–Kier alpha value is -7.10. The predicted molar refractivity (Wildman–Crippen MR) is 291 cm³/mol. The van der Waals surface area contributed by atoms with E-state index in [-0.39, 0.29) is 56.9 Å². The Kier molecular flexibility index (Phi) is 23.4. The van der Waals surface area contributed by atoms with Crippen molar-refractivity contribution in [3.63, 3.8) is 0 Å². The summed E-state index contributed by atoms with van der Waals surface area (Å²) in [5.41, 5.74) is 23.2. The van der Waals surface area contributed by atoms with Gasteiger partial charge in [0.1, 0.15) is 42.3 Å². The van der Waals surface area contributed by atoms with Crippen molar-refractivity contribution in [1.29, 1.82) is 0 Å². The third-order valence-electron chi connectivity index (χ3n) is 14.0. The van der Waals surface area contributed by atoms with Crippen molar-refractivity contribution >= 4 is 103 Å². The summed E-state index contributed by atoms with van der Waals surface area (Å²) in [4.78, 5) is 159. The summed E-state index contributed by atoms with van der Waals surface area (Å²) in [7, 11) is 2.52. The fraction of sp³-hybridized carbons (Fsp3) is 0.600. The van der Waals surface area contributed by atoms with E-state index in [1.807, 2.05) is 24.3 Å². The Morgan fingerprint density at radius 1 is 0.859 bits per heavy atom. The number of nitrogens with zero attached hydrogens (tertiary/aromatic N) is 2. The van der Waals surface area contributed by atoms with E-state index < -0.39 is 144 Å². The molecule has 10 amide bonds. The molecule has 0 bridgehead atoms. The molecule has 1 aromatic heterocycles. The fourth-order valence-corrected chi connectivity index (χ4v) is 13.1. The predicted octanol–water partition coefficient (Wildman–Crippen LogP) is -1.46. The quantitative estimate of drug-likeness (QED) is 0.0331. The van der Waals surface area contributed by atoms with E-state index in [0.717, 1.165) is 30.2 Å². The zero-order valence-corrected chi connectivity index (χ0v) is 45.5. The van der Waals surface area contributed by atoms with Gasteiger partial charge in [0.2, 0.25) is 59.1 Å². The Morgan fingerprint density at radius 3 is 2.23 bits per heavy atom. The summed E-state index contributed by atoms with van der Waals surface area (Å²) in [5.74, 6) is -10.5. The Morgan fingerprint density at radius 2 is 1.55 bits per heavy atom. The van der Waals surface area contributed by atoms with Crippen molar-refractivity contribution in [3.05, 3.63) is 36.0 Å². The van der Waals surface area contributed by atoms with Crippen LogP contribution in [0.1, 0.15) is 109 Å². The molecular formula is C50H74N14O12S2. The molecule has 1 saturated carbocycles. The van der Waals surface area contributed by atoms with Crippen LogP contribution in [0.3, 0.4) is 0 Å². The molecule has 17 N–H and O–H groups in total. The maximum absolute atomic E-state index is 14.9. The Balaban J connectivity index is 1.53. The molecule has 2 aromatic rings. The van der Waals surface area contributed by atoms with Gasteiger partial charge in [-0.3, -0.25) is 57.7 Å². The number of H-pyrrole nitrogens is 1. The highest BCUT2D eigenvalue weighted by molar-refractivity contribution is 8.77. The number of amides is 10. The van der Waals surface area contributed by atoms with Crippen LogP contribution in [-0.2, 0) is 59.2 Å². The van der Waals surface area contributed by atoms with Crippen LogP contribution < -0.4 is 60.2 Å². The van der Waals surface area contributed by atoms with E-state index in [1.165, 1.54) is 26.5 Å². The minimum absolute atomic E-state index is 0.0117. The summed E-state index contributed by atoms with van der Waals surface area (Å²) in [6.45, 7) is 3.08. The third kappa shape index (κ3) is 18.3. The van der Waals surface area contributed by atoms with Crippen molar-refractivity contribution in [2.45, 2.75) is 157 Å². The molecule has 3 heterocycles. The number of aromatic amines is 1. The monoisotopic (exact) mass is 1130 g/mol. The van der Waals surface area contributed by atoms with Crippen LogP contribution in [0.4, 0.5) is 0 Å². The van der Waals surface area contributed by atoms with E-state index in [1.54, 1.807) is 20.0 Å². The van der Waals surface area contributed by atoms with Crippen molar-refractivity contribution in [1.82, 2.24) is 47.1 Å². The topological polar surface area (TPSA) is 428 Å². The van der Waals surface area contributed by atoms with Crippen LogP contribution in [0.25, 0.3) is 10.9 Å². The van der Waals surface area contributed by atoms with Crippen molar-refractivity contribution < 1.29 is 57.8 Å². The molecule has 26 nitrogen and oxygen atoms in total. The average Bonchev–Trinajstić information content (AvgIpc) is 4.07. The van der Waals surface area contributed by atoms with Gasteiger partial charge in [0.15, 0.2) is 5.96 Å². The first kappa shape index (κ1) is 61.7. The maximum Gasteiger partial charge on any atom is 0.303 e. The highest BCUT2D eigenvalue weighted by Gasteiger charge is 2.42. The number of carbonyl (C=O) groups excluding carboxylic acids is 10. The number of carbonyl (C=O) groups is 11. The van der Waals surface area contributed by atoms with E-state index in [4.69, 9.17) is 22.9 Å². The van der Waals surface area contributed by atoms with Gasteiger partial charge in [-0.1, -0.05) is 79.3 Å². The number of likely N-dealkylation sites (tertiary alicyclic amines) is 1. The number of rotatable bonds is 19. The maximum atomic E-state index is 14.9. The van der Waals surface area contributed by atoms with Crippen LogP contribution in [0.15, 0.2) is 35.5 Å². The number of guanidine groups is 1. The van der Waals surface area contributed by atoms with Crippen molar-refractivity contribution in [2.75, 3.05) is 25.4 Å². The number of nitrogens with one attached hydrogen (secondary N) is 8. The summed E-state index contributed by atoms with van der Waals surface area (Å²) in [6.07, 6.45) is 4.35. The van der Waals surface area contributed by atoms with E-state index in [9.17, 15) is 57.8 Å². The highest BCUT2D eigenvalue weighted by Crippen LogP contribution is 2.48. The summed E-state index contributed by atoms with van der Waals surface area (Å²) in [5, 5.41) is 28.9. The van der Waals surface area contributed by atoms with Gasteiger partial charge in [0.25, 0.3) is 0 Å². The average molecular weight is 1130 g/mol. The lowest BCUT2D eigenvalue weighted by molar-refractivity contribution is -0.142. The zero-order valence-electron chi connectivity index (χ0n) is 43.9. The lowest BCUT2D eigenvalue weighted by atomic mass is 9.85. The van der Waals surface area contributed by atoms with E-state index >= 15 is 0 Å². The van der Waals surface area contributed by atoms with Gasteiger partial charge in [0, 0.05) is 60.0 Å². The molecule has 0 radical (unpaired) electrons. The highest BCUT2D eigenvalue weighted by atomic mass is 33.1. The van der Waals surface area contributed by atoms with Gasteiger partial charge in [-0.2, -0.15) is 0 Å².